The van der Waals surface area contributed by atoms with Gasteiger partial charge in [-0.05, 0) is 65.2 Å². The molecular formula is C29H35N7O3. The van der Waals surface area contributed by atoms with Crippen molar-refractivity contribution in [2.45, 2.75) is 44.3 Å². The van der Waals surface area contributed by atoms with Crippen LogP contribution in [0.3, 0.4) is 0 Å². The molecule has 2 aromatic heterocycles. The van der Waals surface area contributed by atoms with Crippen molar-refractivity contribution in [2.75, 3.05) is 40.4 Å². The number of aromatic amines is 1. The van der Waals surface area contributed by atoms with Crippen LogP contribution in [0.25, 0.3) is 10.9 Å². The normalized spacial score (nSPS) is 18.0. The van der Waals surface area contributed by atoms with E-state index in [1.807, 2.05) is 41.1 Å². The molecule has 2 fully saturated rings. The topological polar surface area (TPSA) is 101 Å². The molecule has 0 spiro atoms. The molecule has 1 aliphatic heterocycles. The third kappa shape index (κ3) is 5.26. The highest BCUT2D eigenvalue weighted by molar-refractivity contribution is 5.80. The molecule has 1 atom stereocenters. The zero-order valence-corrected chi connectivity index (χ0v) is 22.5. The van der Waals surface area contributed by atoms with Gasteiger partial charge in [0.25, 0.3) is 5.56 Å². The van der Waals surface area contributed by atoms with Crippen LogP contribution in [0.4, 0.5) is 0 Å². The van der Waals surface area contributed by atoms with Crippen molar-refractivity contribution in [3.05, 3.63) is 75.8 Å². The first kappa shape index (κ1) is 25.5. The zero-order chi connectivity index (χ0) is 26.8. The molecule has 1 saturated heterocycles. The summed E-state index contributed by atoms with van der Waals surface area (Å²) in [4.78, 5) is 21.4. The van der Waals surface area contributed by atoms with Gasteiger partial charge >= 0.3 is 0 Å². The van der Waals surface area contributed by atoms with Crippen LogP contribution in [-0.4, -0.2) is 75.4 Å². The van der Waals surface area contributed by atoms with Crippen molar-refractivity contribution in [3.63, 3.8) is 0 Å². The number of rotatable bonds is 8. The Kier molecular flexibility index (Phi) is 7.30. The van der Waals surface area contributed by atoms with Gasteiger partial charge in [0.2, 0.25) is 0 Å². The lowest BCUT2D eigenvalue weighted by Gasteiger charge is -2.39. The number of piperazine rings is 1. The number of benzene rings is 2. The molecule has 10 nitrogen and oxygen atoms in total. The van der Waals surface area contributed by atoms with Gasteiger partial charge in [-0.25, -0.2) is 4.68 Å². The molecule has 0 radical (unpaired) electrons. The minimum atomic E-state index is -0.348. The summed E-state index contributed by atoms with van der Waals surface area (Å²) in [6.45, 7) is 4.19. The molecule has 1 N–H and O–H groups in total. The molecule has 6 rings (SSSR count). The van der Waals surface area contributed by atoms with Gasteiger partial charge in [0, 0.05) is 49.2 Å². The Morgan fingerprint density at radius 1 is 0.974 bits per heavy atom. The van der Waals surface area contributed by atoms with Gasteiger partial charge in [0.15, 0.2) is 5.82 Å². The Morgan fingerprint density at radius 3 is 2.51 bits per heavy atom. The predicted octanol–water partition coefficient (Wildman–Crippen LogP) is 3.55. The van der Waals surface area contributed by atoms with Gasteiger partial charge in [-0.2, -0.15) is 0 Å². The number of fused-ring (bicyclic) bond motifs is 1. The molecule has 1 aliphatic carbocycles. The fourth-order valence-electron chi connectivity index (χ4n) is 6.03. The van der Waals surface area contributed by atoms with Crippen LogP contribution in [0.2, 0.25) is 0 Å². The summed E-state index contributed by atoms with van der Waals surface area (Å²) in [6, 6.07) is 15.8. The molecule has 39 heavy (non-hydrogen) atoms. The molecule has 0 bridgehead atoms. The SMILES string of the molecule is COc1cccc(CN2CCN(C(c3cc4cc(OC)ccc4[nH]c3=O)c3nnnn3C3CCCC3)CC2)c1. The number of hydrogen-bond donors (Lipinski definition) is 1. The summed E-state index contributed by atoms with van der Waals surface area (Å²) in [6.07, 6.45) is 4.47. The summed E-state index contributed by atoms with van der Waals surface area (Å²) in [5, 5.41) is 14.0. The number of H-pyrrole nitrogens is 1. The maximum atomic E-state index is 13.6. The van der Waals surface area contributed by atoms with E-state index in [2.05, 4.69) is 42.4 Å². The minimum Gasteiger partial charge on any atom is -0.497 e. The maximum Gasteiger partial charge on any atom is 0.253 e. The molecule has 2 aliphatic rings. The number of tetrazole rings is 1. The molecule has 2 aromatic carbocycles. The van der Waals surface area contributed by atoms with E-state index in [-0.39, 0.29) is 17.6 Å². The Hall–Kier alpha value is -3.76. The van der Waals surface area contributed by atoms with E-state index >= 15 is 0 Å². The molecular weight excluding hydrogens is 494 g/mol. The van der Waals surface area contributed by atoms with Crippen LogP contribution in [0.15, 0.2) is 53.3 Å². The molecule has 1 saturated carbocycles. The van der Waals surface area contributed by atoms with Gasteiger partial charge in [-0.15, -0.1) is 5.10 Å². The summed E-state index contributed by atoms with van der Waals surface area (Å²) < 4.78 is 12.8. The van der Waals surface area contributed by atoms with Gasteiger partial charge in [0.1, 0.15) is 17.5 Å². The monoisotopic (exact) mass is 529 g/mol. The highest BCUT2D eigenvalue weighted by Gasteiger charge is 2.34. The van der Waals surface area contributed by atoms with Crippen molar-refractivity contribution < 1.29 is 9.47 Å². The van der Waals surface area contributed by atoms with Gasteiger partial charge < -0.3 is 14.5 Å². The average Bonchev–Trinajstić information content (AvgIpc) is 3.67. The van der Waals surface area contributed by atoms with E-state index in [1.165, 1.54) is 18.4 Å². The predicted molar refractivity (Wildman–Crippen MR) is 148 cm³/mol. The van der Waals surface area contributed by atoms with Crippen LogP contribution >= 0.6 is 0 Å². The van der Waals surface area contributed by atoms with Crippen LogP contribution in [-0.2, 0) is 6.54 Å². The number of ether oxygens (including phenoxy) is 2. The molecule has 3 heterocycles. The van der Waals surface area contributed by atoms with Crippen molar-refractivity contribution in [2.24, 2.45) is 0 Å². The summed E-state index contributed by atoms with van der Waals surface area (Å²) in [7, 11) is 3.35. The van der Waals surface area contributed by atoms with Gasteiger partial charge in [-0.1, -0.05) is 25.0 Å². The Morgan fingerprint density at radius 2 is 1.74 bits per heavy atom. The average molecular weight is 530 g/mol. The number of nitrogens with one attached hydrogen (secondary N) is 1. The Labute approximate surface area is 227 Å². The fraction of sp³-hybridized carbons (Fsp3) is 0.448. The van der Waals surface area contributed by atoms with Crippen LogP contribution in [0.1, 0.15) is 54.7 Å². The second-order valence-electron chi connectivity index (χ2n) is 10.5. The number of hydrogen-bond acceptors (Lipinski definition) is 8. The second kappa shape index (κ2) is 11.2. The number of aromatic nitrogens is 5. The quantitative estimate of drug-likeness (QED) is 0.370. The largest absolute Gasteiger partial charge is 0.497 e. The van der Waals surface area contributed by atoms with Crippen molar-refractivity contribution in [1.29, 1.82) is 0 Å². The van der Waals surface area contributed by atoms with E-state index in [9.17, 15) is 4.79 Å². The van der Waals surface area contributed by atoms with Crippen molar-refractivity contribution in [1.82, 2.24) is 35.0 Å². The van der Waals surface area contributed by atoms with Gasteiger partial charge in [0.05, 0.1) is 20.3 Å². The zero-order valence-electron chi connectivity index (χ0n) is 22.5. The lowest BCUT2D eigenvalue weighted by molar-refractivity contribution is 0.0988. The number of nitrogens with zero attached hydrogens (tertiary/aromatic N) is 6. The first-order chi connectivity index (χ1) is 19.1. The smallest absolute Gasteiger partial charge is 0.253 e. The molecule has 10 heteroatoms. The standard InChI is InChI=1S/C29H35N7O3/c1-38-23-9-5-6-20(16-23)19-34-12-14-35(15-13-34)27(28-31-32-33-36(28)22-7-3-4-8-22)25-18-21-17-24(39-2)10-11-26(21)30-29(25)37/h5-6,9-11,16-18,22,27H,3-4,7-8,12-15,19H2,1-2H3,(H,30,37). The second-order valence-corrected chi connectivity index (χ2v) is 10.5. The minimum absolute atomic E-state index is 0.113. The fourth-order valence-corrected chi connectivity index (χ4v) is 6.03. The number of pyridine rings is 1. The van der Waals surface area contributed by atoms with E-state index in [0.29, 0.717) is 5.56 Å². The lowest BCUT2D eigenvalue weighted by atomic mass is 10.0. The van der Waals surface area contributed by atoms with E-state index in [4.69, 9.17) is 9.47 Å². The van der Waals surface area contributed by atoms with E-state index in [0.717, 1.165) is 73.8 Å². The highest BCUT2D eigenvalue weighted by atomic mass is 16.5. The molecule has 0 amide bonds. The highest BCUT2D eigenvalue weighted by Crippen LogP contribution is 2.34. The Balaban J connectivity index is 1.32. The summed E-state index contributed by atoms with van der Waals surface area (Å²) in [5.41, 5.74) is 2.55. The van der Waals surface area contributed by atoms with Crippen LogP contribution < -0.4 is 15.0 Å². The van der Waals surface area contributed by atoms with Crippen LogP contribution in [0, 0.1) is 0 Å². The summed E-state index contributed by atoms with van der Waals surface area (Å²) >= 11 is 0. The third-order valence-corrected chi connectivity index (χ3v) is 8.12. The first-order valence-electron chi connectivity index (χ1n) is 13.7. The maximum absolute atomic E-state index is 13.6. The molecule has 1 unspecified atom stereocenters. The first-order valence-corrected chi connectivity index (χ1v) is 13.7. The summed E-state index contributed by atoms with van der Waals surface area (Å²) in [5.74, 6) is 2.37. The van der Waals surface area contributed by atoms with Gasteiger partial charge in [-0.3, -0.25) is 14.6 Å². The lowest BCUT2D eigenvalue weighted by Crippen LogP contribution is -2.48. The molecule has 204 valence electrons. The number of methoxy groups -OCH3 is 2. The van der Waals surface area contributed by atoms with Crippen molar-refractivity contribution >= 4 is 10.9 Å². The van der Waals surface area contributed by atoms with Crippen molar-refractivity contribution in [3.8, 4) is 11.5 Å². The van der Waals surface area contributed by atoms with Crippen LogP contribution in [0.5, 0.6) is 11.5 Å². The van der Waals surface area contributed by atoms with E-state index in [1.54, 1.807) is 14.2 Å². The van der Waals surface area contributed by atoms with E-state index < -0.39 is 0 Å². The third-order valence-electron chi connectivity index (χ3n) is 8.12. The molecule has 4 aromatic rings. The Bertz CT molecular complexity index is 1490.